The van der Waals surface area contributed by atoms with Crippen LogP contribution in [-0.2, 0) is 14.3 Å². The Morgan fingerprint density at radius 3 is 2.72 bits per heavy atom. The Labute approximate surface area is 214 Å². The third-order valence-corrected chi connectivity index (χ3v) is 10.9. The van der Waals surface area contributed by atoms with Crippen molar-refractivity contribution in [3.8, 4) is 0 Å². The van der Waals surface area contributed by atoms with Gasteiger partial charge in [-0.1, -0.05) is 19.6 Å². The summed E-state index contributed by atoms with van der Waals surface area (Å²) in [5, 5.41) is 11.6. The van der Waals surface area contributed by atoms with E-state index in [1.165, 1.54) is 34.9 Å². The van der Waals surface area contributed by atoms with Crippen LogP contribution in [0.4, 0.5) is 13.6 Å². The second kappa shape index (κ2) is 8.25. The van der Waals surface area contributed by atoms with E-state index in [4.69, 9.17) is 4.74 Å². The molecule has 0 aromatic rings. The Hall–Kier alpha value is -2.00. The predicted octanol–water partition coefficient (Wildman–Crippen LogP) is 4.05. The van der Waals surface area contributed by atoms with Crippen molar-refractivity contribution in [3.63, 3.8) is 0 Å². The number of hydrogen-bond donors (Lipinski definition) is 1. The highest BCUT2D eigenvalue weighted by Crippen LogP contribution is 2.74. The first-order chi connectivity index (χ1) is 16.9. The maximum atomic E-state index is 17.4. The number of hydrogen-bond acceptors (Lipinski definition) is 6. The summed E-state index contributed by atoms with van der Waals surface area (Å²) in [6, 6.07) is 0. The molecule has 0 unspecified atom stereocenters. The van der Waals surface area contributed by atoms with E-state index in [0.717, 1.165) is 6.26 Å². The Bertz CT molecular complexity index is 1090. The van der Waals surface area contributed by atoms with Crippen LogP contribution in [0.1, 0.15) is 33.1 Å². The molecule has 196 valence electrons. The van der Waals surface area contributed by atoms with E-state index in [1.807, 2.05) is 13.2 Å². The van der Waals surface area contributed by atoms with E-state index in [0.29, 0.717) is 6.42 Å². The summed E-state index contributed by atoms with van der Waals surface area (Å²) in [6.45, 7) is 7.32. The van der Waals surface area contributed by atoms with Crippen molar-refractivity contribution in [1.82, 2.24) is 4.90 Å². The van der Waals surface area contributed by atoms with Gasteiger partial charge in [-0.15, -0.1) is 0 Å². The Morgan fingerprint density at radius 2 is 2.06 bits per heavy atom. The summed E-state index contributed by atoms with van der Waals surface area (Å²) < 4.78 is 38.0. The van der Waals surface area contributed by atoms with Crippen LogP contribution in [0.3, 0.4) is 0 Å². The summed E-state index contributed by atoms with van der Waals surface area (Å²) >= 11 is 1.39. The van der Waals surface area contributed by atoms with Crippen LogP contribution in [0.5, 0.6) is 0 Å². The molecule has 1 saturated heterocycles. The molecule has 0 radical (unpaired) electrons. The van der Waals surface area contributed by atoms with Crippen molar-refractivity contribution >= 4 is 29.4 Å². The first kappa shape index (κ1) is 25.6. The van der Waals surface area contributed by atoms with Gasteiger partial charge in [-0.05, 0) is 67.4 Å². The van der Waals surface area contributed by atoms with Gasteiger partial charge in [0.05, 0.1) is 23.5 Å². The van der Waals surface area contributed by atoms with Crippen molar-refractivity contribution in [2.45, 2.75) is 51.1 Å². The quantitative estimate of drug-likeness (QED) is 0.562. The van der Waals surface area contributed by atoms with Gasteiger partial charge in [-0.3, -0.25) is 9.59 Å². The molecule has 5 rings (SSSR count). The predicted molar refractivity (Wildman–Crippen MR) is 132 cm³/mol. The van der Waals surface area contributed by atoms with Crippen LogP contribution in [-0.4, -0.2) is 70.7 Å². The maximum Gasteiger partial charge on any atom is 0.414 e. The summed E-state index contributed by atoms with van der Waals surface area (Å²) in [4.78, 5) is 40.0. The molecule has 0 aromatic carbocycles. The number of rotatable bonds is 4. The van der Waals surface area contributed by atoms with Crippen molar-refractivity contribution in [2.24, 2.45) is 34.0 Å². The lowest BCUT2D eigenvalue weighted by Gasteiger charge is -2.63. The molecule has 1 N–H and O–H groups in total. The average molecular weight is 522 g/mol. The van der Waals surface area contributed by atoms with E-state index in [2.05, 4.69) is 6.58 Å². The van der Waals surface area contributed by atoms with Crippen molar-refractivity contribution in [2.75, 3.05) is 25.1 Å². The van der Waals surface area contributed by atoms with Crippen LogP contribution in [0.15, 0.2) is 36.6 Å². The topological polar surface area (TPSA) is 83.9 Å². The fraction of sp³-hybridized carbons (Fsp3) is 0.667. The summed E-state index contributed by atoms with van der Waals surface area (Å²) in [6.07, 6.45) is 3.46. The van der Waals surface area contributed by atoms with Gasteiger partial charge in [-0.2, -0.15) is 11.8 Å². The third-order valence-electron chi connectivity index (χ3n) is 10.4. The molecule has 1 amide bonds. The number of aliphatic hydroxyl groups excluding tert-OH is 1. The maximum absolute atomic E-state index is 17.4. The van der Waals surface area contributed by atoms with Crippen LogP contribution in [0, 0.1) is 34.0 Å². The van der Waals surface area contributed by atoms with Crippen LogP contribution < -0.4 is 0 Å². The molecule has 5 aliphatic rings. The average Bonchev–Trinajstić information content (AvgIpc) is 3.31. The minimum absolute atomic E-state index is 0.00718. The van der Waals surface area contributed by atoms with E-state index in [1.54, 1.807) is 6.92 Å². The number of amides is 1. The fourth-order valence-electron chi connectivity index (χ4n) is 8.83. The highest BCUT2D eigenvalue weighted by molar-refractivity contribution is 7.99. The molecule has 4 aliphatic carbocycles. The Kier molecular flexibility index (Phi) is 5.88. The number of allylic oxidation sites excluding steroid dienone is 4. The number of thioether (sulfide) groups is 1. The highest BCUT2D eigenvalue weighted by Gasteiger charge is 2.78. The molecule has 6 nitrogen and oxygen atoms in total. The first-order valence-electron chi connectivity index (χ1n) is 12.5. The number of likely N-dealkylation sites (tertiary alicyclic amines) is 1. The molecule has 0 spiro atoms. The lowest BCUT2D eigenvalue weighted by atomic mass is 9.43. The zero-order chi connectivity index (χ0) is 26.3. The Balaban J connectivity index is 1.61. The molecular formula is C27H33F2NO5S. The number of halogens is 2. The van der Waals surface area contributed by atoms with Crippen LogP contribution in [0.2, 0.25) is 0 Å². The molecule has 3 saturated carbocycles. The second-order valence-corrected chi connectivity index (χ2v) is 12.4. The first-order valence-corrected chi connectivity index (χ1v) is 13.8. The molecule has 1 aliphatic heterocycles. The third kappa shape index (κ3) is 2.96. The van der Waals surface area contributed by atoms with Gasteiger partial charge in [0.25, 0.3) is 0 Å². The van der Waals surface area contributed by atoms with E-state index >= 15 is 8.78 Å². The molecule has 4 fully saturated rings. The van der Waals surface area contributed by atoms with E-state index in [9.17, 15) is 19.5 Å². The number of carbonyl (C=O) groups is 3. The number of aliphatic hydroxyl groups is 1. The molecule has 9 heteroatoms. The van der Waals surface area contributed by atoms with Gasteiger partial charge < -0.3 is 14.7 Å². The number of carbonyl (C=O) groups excluding carboxylic acids is 3. The molecular weight excluding hydrogens is 488 g/mol. The number of ketones is 2. The van der Waals surface area contributed by atoms with Crippen LogP contribution in [0.25, 0.3) is 0 Å². The highest BCUT2D eigenvalue weighted by atomic mass is 32.2. The van der Waals surface area contributed by atoms with Crippen LogP contribution >= 0.6 is 11.8 Å². The number of nitrogens with zero attached hydrogens (tertiary/aromatic N) is 1. The molecule has 0 bridgehead atoms. The lowest BCUT2D eigenvalue weighted by molar-refractivity contribution is -0.211. The number of alkyl halides is 2. The SMILES string of the molecule is C=COC(=O)N1C[C@@H]2C[C@H]3[C@@H]4C[C@H](F)C5=CC(=O)C=C[C@]5(C)[C@@]4(F)[C@@H](O)C[C@]3(C)[C@]2(C(=O)CSC)C1. The number of Topliss-reactive ketones (excluding diaryl/α,β-unsaturated/α-hetero) is 1. The normalized spacial score (nSPS) is 46.8. The van der Waals surface area contributed by atoms with Crippen molar-refractivity contribution in [3.05, 3.63) is 36.6 Å². The summed E-state index contributed by atoms with van der Waals surface area (Å²) in [5.41, 5.74) is -5.41. The molecule has 0 aromatic heterocycles. The van der Waals surface area contributed by atoms with Gasteiger partial charge in [0.15, 0.2) is 17.2 Å². The van der Waals surface area contributed by atoms with E-state index < -0.39 is 46.2 Å². The minimum atomic E-state index is -2.19. The molecule has 9 atom stereocenters. The zero-order valence-electron chi connectivity index (χ0n) is 20.8. The van der Waals surface area contributed by atoms with Gasteiger partial charge in [0.2, 0.25) is 0 Å². The standard InChI is InChI=1S/C27H33F2NO5S/c1-5-35-23(34)30-12-15-8-17-18-10-20(28)19-9-16(31)6-7-24(19,2)27(18,29)21(32)11-25(17,3)26(15,14-30)22(33)13-36-4/h5-7,9,15,17-18,20-21,32H,1,8,10-14H2,2-4H3/t15-,17-,18-,20-,21-,24-,25-,26+,27-/m0/s1. The van der Waals surface area contributed by atoms with Gasteiger partial charge >= 0.3 is 6.09 Å². The summed E-state index contributed by atoms with van der Waals surface area (Å²) in [7, 11) is 0. The summed E-state index contributed by atoms with van der Waals surface area (Å²) in [5.74, 6) is -1.66. The van der Waals surface area contributed by atoms with Gasteiger partial charge in [-0.25, -0.2) is 13.6 Å². The monoisotopic (exact) mass is 521 g/mol. The number of fused-ring (bicyclic) bond motifs is 7. The van der Waals surface area contributed by atoms with Gasteiger partial charge in [0, 0.05) is 24.4 Å². The number of ether oxygens (including phenoxy) is 1. The molecule has 1 heterocycles. The molecule has 36 heavy (non-hydrogen) atoms. The van der Waals surface area contributed by atoms with E-state index in [-0.39, 0.29) is 60.7 Å². The minimum Gasteiger partial charge on any atom is -0.419 e. The second-order valence-electron chi connectivity index (χ2n) is 11.6. The lowest BCUT2D eigenvalue weighted by Crippen LogP contribution is -2.69. The van der Waals surface area contributed by atoms with Crippen molar-refractivity contribution in [1.29, 1.82) is 0 Å². The zero-order valence-corrected chi connectivity index (χ0v) is 21.7. The fourth-order valence-corrected chi connectivity index (χ4v) is 9.35. The largest absolute Gasteiger partial charge is 0.419 e. The van der Waals surface area contributed by atoms with Crippen molar-refractivity contribution < 1.29 is 33.0 Å². The smallest absolute Gasteiger partial charge is 0.414 e. The van der Waals surface area contributed by atoms with Gasteiger partial charge in [0.1, 0.15) is 6.17 Å². The Morgan fingerprint density at radius 1 is 1.33 bits per heavy atom.